The number of benzene rings is 5. The fraction of sp³-hybridized carbons (Fsp3) is 0.259. The molecule has 11 rings (SSSR count). The van der Waals surface area contributed by atoms with Crippen molar-refractivity contribution in [3.63, 3.8) is 0 Å². The molecule has 2 aliphatic heterocycles. The third-order valence-corrected chi connectivity index (χ3v) is 13.9. The van der Waals surface area contributed by atoms with Gasteiger partial charge in [0.1, 0.15) is 11.3 Å². The topological polar surface area (TPSA) is 19.6 Å². The number of hydrogen-bond acceptors (Lipinski definition) is 3. The van der Waals surface area contributed by atoms with Crippen LogP contribution in [0.5, 0.6) is 0 Å². The number of nitrogens with zero attached hydrogens (tertiary/aromatic N) is 2. The lowest BCUT2D eigenvalue weighted by Crippen LogP contribution is -2.34. The first-order chi connectivity index (χ1) is 28.2. The number of fused-ring (bicyclic) bond motifs is 6. The molecular formula is C54H50N2O. The number of hydrogen-bond donors (Lipinski definition) is 0. The highest BCUT2D eigenvalue weighted by Crippen LogP contribution is 2.52. The zero-order chi connectivity index (χ0) is 37.9. The van der Waals surface area contributed by atoms with Gasteiger partial charge in [0.15, 0.2) is 0 Å². The minimum Gasteiger partial charge on any atom is -0.456 e. The molecule has 1 aromatic heterocycles. The molecule has 3 heterocycles. The lowest BCUT2D eigenvalue weighted by Gasteiger charge is -2.42. The molecule has 282 valence electrons. The summed E-state index contributed by atoms with van der Waals surface area (Å²) < 4.78 is 6.20. The second kappa shape index (κ2) is 14.3. The Balaban J connectivity index is 0.863. The van der Waals surface area contributed by atoms with Crippen molar-refractivity contribution in [1.82, 2.24) is 4.90 Å². The minimum atomic E-state index is 0.370. The van der Waals surface area contributed by atoms with Crippen LogP contribution < -0.4 is 4.90 Å². The van der Waals surface area contributed by atoms with Gasteiger partial charge in [-0.05, 0) is 115 Å². The van der Waals surface area contributed by atoms with Crippen LogP contribution in [0.1, 0.15) is 84.4 Å². The van der Waals surface area contributed by atoms with E-state index in [2.05, 4.69) is 181 Å². The van der Waals surface area contributed by atoms with Crippen LogP contribution in [0.3, 0.4) is 0 Å². The molecule has 3 heteroatoms. The van der Waals surface area contributed by atoms with Crippen molar-refractivity contribution in [2.45, 2.75) is 68.9 Å². The number of aryl methyl sites for hydroxylation is 1. The average Bonchev–Trinajstić information content (AvgIpc) is 3.82. The van der Waals surface area contributed by atoms with Crippen LogP contribution in [-0.2, 0) is 6.42 Å². The molecule has 5 aromatic carbocycles. The lowest BCUT2D eigenvalue weighted by atomic mass is 9.74. The van der Waals surface area contributed by atoms with Crippen molar-refractivity contribution in [2.24, 2.45) is 11.8 Å². The maximum atomic E-state index is 6.20. The standard InChI is InChI=1S/C54H50N2O/c1-55-51(38-15-6-3-7-16-38)34-43(36-13-4-2-5-14-36)35-52(55)39-25-23-37(24-26-39)41-27-29-50-47(32-41)45-19-8-10-21-49(45)56(50)44-18-12-17-40(31-44)42-28-30-54-48(33-42)46-20-9-11-22-53(46)57-54/h2-8,10-19,21-23,25,28,30-33,35,37,39,43,47,50-51H,9,20,24,26-27,29,34H2,1H3/t37?,39?,43-,47?,50?,51?/m0/s1. The Morgan fingerprint density at radius 2 is 1.42 bits per heavy atom. The third kappa shape index (κ3) is 6.11. The molecule has 0 radical (unpaired) electrons. The average molecular weight is 743 g/mol. The van der Waals surface area contributed by atoms with Gasteiger partial charge in [0.25, 0.3) is 0 Å². The van der Waals surface area contributed by atoms with Gasteiger partial charge >= 0.3 is 0 Å². The van der Waals surface area contributed by atoms with Crippen molar-refractivity contribution in [2.75, 3.05) is 11.9 Å². The zero-order valence-corrected chi connectivity index (χ0v) is 32.8. The van der Waals surface area contributed by atoms with Crippen molar-refractivity contribution in [1.29, 1.82) is 0 Å². The molecular weight excluding hydrogens is 693 g/mol. The number of allylic oxidation sites excluding steroid dienone is 5. The Labute approximate surface area is 337 Å². The van der Waals surface area contributed by atoms with Crippen molar-refractivity contribution < 1.29 is 4.42 Å². The Morgan fingerprint density at radius 3 is 2.26 bits per heavy atom. The summed E-state index contributed by atoms with van der Waals surface area (Å²) in [5.41, 5.74) is 14.9. The van der Waals surface area contributed by atoms with Crippen molar-refractivity contribution >= 4 is 28.4 Å². The van der Waals surface area contributed by atoms with E-state index in [9.17, 15) is 0 Å². The summed E-state index contributed by atoms with van der Waals surface area (Å²) in [6, 6.07) is 48.2. The van der Waals surface area contributed by atoms with E-state index in [1.807, 2.05) is 0 Å². The fourth-order valence-electron chi connectivity index (χ4n) is 11.0. The van der Waals surface area contributed by atoms with Crippen LogP contribution in [0.25, 0.3) is 28.2 Å². The first-order valence-electron chi connectivity index (χ1n) is 21.3. The van der Waals surface area contributed by atoms with Crippen LogP contribution >= 0.6 is 0 Å². The molecule has 0 bridgehead atoms. The van der Waals surface area contributed by atoms with E-state index in [4.69, 9.17) is 4.42 Å². The second-order valence-corrected chi connectivity index (χ2v) is 17.0. The van der Waals surface area contributed by atoms with E-state index < -0.39 is 0 Å². The van der Waals surface area contributed by atoms with Crippen LogP contribution in [0, 0.1) is 11.8 Å². The van der Waals surface area contributed by atoms with Crippen LogP contribution in [0.2, 0.25) is 0 Å². The normalized spacial score (nSPS) is 25.1. The van der Waals surface area contributed by atoms with E-state index in [0.717, 1.165) is 43.4 Å². The summed E-state index contributed by atoms with van der Waals surface area (Å²) in [4.78, 5) is 5.25. The van der Waals surface area contributed by atoms with Gasteiger partial charge in [-0.25, -0.2) is 0 Å². The molecule has 6 aromatic rings. The summed E-state index contributed by atoms with van der Waals surface area (Å²) in [6.45, 7) is 0. The summed E-state index contributed by atoms with van der Waals surface area (Å²) in [6.07, 6.45) is 22.7. The zero-order valence-electron chi connectivity index (χ0n) is 32.8. The Hall–Kier alpha value is -5.80. The highest BCUT2D eigenvalue weighted by molar-refractivity contribution is 5.90. The molecule has 5 unspecified atom stereocenters. The number of para-hydroxylation sites is 1. The maximum absolute atomic E-state index is 6.20. The minimum absolute atomic E-state index is 0.370. The molecule has 0 saturated heterocycles. The summed E-state index contributed by atoms with van der Waals surface area (Å²) in [5.74, 6) is 2.79. The number of rotatable bonds is 6. The molecule has 0 spiro atoms. The summed E-state index contributed by atoms with van der Waals surface area (Å²) in [7, 11) is 2.33. The first-order valence-corrected chi connectivity index (χ1v) is 21.3. The molecule has 6 atom stereocenters. The number of anilines is 2. The molecule has 3 aliphatic carbocycles. The largest absolute Gasteiger partial charge is 0.456 e. The van der Waals surface area contributed by atoms with Crippen LogP contribution in [-0.4, -0.2) is 18.0 Å². The third-order valence-electron chi connectivity index (χ3n) is 13.9. The van der Waals surface area contributed by atoms with Gasteiger partial charge in [0, 0.05) is 58.9 Å². The van der Waals surface area contributed by atoms with Gasteiger partial charge < -0.3 is 14.2 Å². The quantitative estimate of drug-likeness (QED) is 0.158. The fourth-order valence-corrected chi connectivity index (χ4v) is 11.0. The predicted octanol–water partition coefficient (Wildman–Crippen LogP) is 13.7. The second-order valence-electron chi connectivity index (χ2n) is 17.0. The SMILES string of the molecule is CN1C(C2C=CC(C3=CC4c5ccccc5N(c5cccc(-c6ccc7oc8c(c7c6)CCC=C8)c5)C4CC3)CC2)=C[C@@H](c2ccccc2)CC1c1ccccc1. The molecule has 0 N–H and O–H groups in total. The smallest absolute Gasteiger partial charge is 0.135 e. The molecule has 0 fully saturated rings. The monoisotopic (exact) mass is 742 g/mol. The van der Waals surface area contributed by atoms with Gasteiger partial charge in [-0.15, -0.1) is 0 Å². The van der Waals surface area contributed by atoms with E-state index in [1.54, 1.807) is 5.57 Å². The molecule has 3 nitrogen and oxygen atoms in total. The Kier molecular flexibility index (Phi) is 8.64. The van der Waals surface area contributed by atoms with Crippen molar-refractivity contribution in [3.05, 3.63) is 197 Å². The molecule has 0 saturated carbocycles. The predicted molar refractivity (Wildman–Crippen MR) is 236 cm³/mol. The van der Waals surface area contributed by atoms with Gasteiger partial charge in [-0.3, -0.25) is 0 Å². The summed E-state index contributed by atoms with van der Waals surface area (Å²) >= 11 is 0. The molecule has 0 amide bonds. The van der Waals surface area contributed by atoms with Crippen molar-refractivity contribution in [3.8, 4) is 11.1 Å². The molecule has 57 heavy (non-hydrogen) atoms. The maximum Gasteiger partial charge on any atom is 0.135 e. The van der Waals surface area contributed by atoms with Crippen LogP contribution in [0.15, 0.2) is 173 Å². The lowest BCUT2D eigenvalue weighted by molar-refractivity contribution is 0.236. The van der Waals surface area contributed by atoms with Gasteiger partial charge in [-0.2, -0.15) is 0 Å². The van der Waals surface area contributed by atoms with E-state index >= 15 is 0 Å². The van der Waals surface area contributed by atoms with Crippen LogP contribution in [0.4, 0.5) is 11.4 Å². The van der Waals surface area contributed by atoms with Gasteiger partial charge in [0.05, 0.1) is 6.04 Å². The van der Waals surface area contributed by atoms with E-state index in [-0.39, 0.29) is 0 Å². The summed E-state index contributed by atoms with van der Waals surface area (Å²) in [5, 5.41) is 1.26. The van der Waals surface area contributed by atoms with Gasteiger partial charge in [0.2, 0.25) is 0 Å². The van der Waals surface area contributed by atoms with E-state index in [0.29, 0.717) is 35.8 Å². The highest BCUT2D eigenvalue weighted by Gasteiger charge is 2.41. The Morgan fingerprint density at radius 1 is 0.649 bits per heavy atom. The number of furan rings is 1. The van der Waals surface area contributed by atoms with Gasteiger partial charge in [-0.1, -0.05) is 133 Å². The first kappa shape index (κ1) is 34.4. The van der Waals surface area contributed by atoms with E-state index in [1.165, 1.54) is 68.7 Å². The molecule has 5 aliphatic rings. The Bertz CT molecular complexity index is 2570. The highest BCUT2D eigenvalue weighted by atomic mass is 16.3.